The Balaban J connectivity index is 2.09. The molecule has 0 aliphatic heterocycles. The van der Waals surface area contributed by atoms with Crippen molar-refractivity contribution in [1.29, 1.82) is 0 Å². The Morgan fingerprint density at radius 3 is 2.67 bits per heavy atom. The van der Waals surface area contributed by atoms with Crippen LogP contribution in [0.1, 0.15) is 48.7 Å². The molecular weight excluding hydrogens is 222 g/mol. The second-order valence-corrected chi connectivity index (χ2v) is 5.42. The molecule has 0 bridgehead atoms. The van der Waals surface area contributed by atoms with E-state index in [1.54, 1.807) is 0 Å². The van der Waals surface area contributed by atoms with Gasteiger partial charge in [-0.2, -0.15) is 0 Å². The Bertz CT molecular complexity index is 437. The predicted molar refractivity (Wildman–Crippen MR) is 75.2 cm³/mol. The van der Waals surface area contributed by atoms with Crippen LogP contribution in [-0.2, 0) is 12.8 Å². The lowest BCUT2D eigenvalue weighted by Crippen LogP contribution is -2.35. The average molecular weight is 245 g/mol. The second-order valence-electron chi connectivity index (χ2n) is 5.42. The first kappa shape index (κ1) is 13.3. The summed E-state index contributed by atoms with van der Waals surface area (Å²) in [5, 5.41) is 0. The predicted octanol–water partition coefficient (Wildman–Crippen LogP) is 3.09. The van der Waals surface area contributed by atoms with E-state index in [1.165, 1.54) is 24.0 Å². The van der Waals surface area contributed by atoms with Crippen LogP contribution in [-0.4, -0.2) is 29.8 Å². The first-order valence-electron chi connectivity index (χ1n) is 7.01. The normalized spacial score (nSPS) is 14.3. The van der Waals surface area contributed by atoms with Gasteiger partial charge in [-0.15, -0.1) is 0 Å². The summed E-state index contributed by atoms with van der Waals surface area (Å²) in [6, 6.07) is 6.68. The van der Waals surface area contributed by atoms with Gasteiger partial charge >= 0.3 is 0 Å². The zero-order chi connectivity index (χ0) is 13.1. The van der Waals surface area contributed by atoms with Crippen molar-refractivity contribution in [3.63, 3.8) is 0 Å². The Hall–Kier alpha value is -1.15. The number of nitrogens with zero attached hydrogens (tertiary/aromatic N) is 1. The van der Waals surface area contributed by atoms with Gasteiger partial charge in [0.1, 0.15) is 0 Å². The molecule has 1 aliphatic rings. The summed E-state index contributed by atoms with van der Waals surface area (Å²) in [6.07, 6.45) is 3.55. The van der Waals surface area contributed by atoms with Crippen LogP contribution in [0.3, 0.4) is 0 Å². The molecule has 2 rings (SSSR count). The SMILES string of the molecule is CCN(CC(=O)c1ccc2c(c1)CCC2)C(C)C. The number of aryl methyl sites for hydroxylation is 2. The highest BCUT2D eigenvalue weighted by Crippen LogP contribution is 2.23. The van der Waals surface area contributed by atoms with E-state index < -0.39 is 0 Å². The van der Waals surface area contributed by atoms with Crippen molar-refractivity contribution in [3.05, 3.63) is 34.9 Å². The Morgan fingerprint density at radius 1 is 1.28 bits per heavy atom. The van der Waals surface area contributed by atoms with Crippen LogP contribution in [0.15, 0.2) is 18.2 Å². The molecule has 0 atom stereocenters. The summed E-state index contributed by atoms with van der Waals surface area (Å²) in [5.41, 5.74) is 3.70. The van der Waals surface area contributed by atoms with Gasteiger partial charge in [0.05, 0.1) is 6.54 Å². The number of Topliss-reactive ketones (excluding diaryl/α,β-unsaturated/α-hetero) is 1. The summed E-state index contributed by atoms with van der Waals surface area (Å²) in [4.78, 5) is 14.5. The molecule has 0 spiro atoms. The summed E-state index contributed by atoms with van der Waals surface area (Å²) in [7, 11) is 0. The van der Waals surface area contributed by atoms with Crippen molar-refractivity contribution >= 4 is 5.78 Å². The molecule has 0 saturated carbocycles. The quantitative estimate of drug-likeness (QED) is 0.743. The van der Waals surface area contributed by atoms with Crippen molar-refractivity contribution < 1.29 is 4.79 Å². The van der Waals surface area contributed by atoms with E-state index in [0.717, 1.165) is 18.5 Å². The molecule has 1 aromatic carbocycles. The van der Waals surface area contributed by atoms with Gasteiger partial charge < -0.3 is 0 Å². The number of ketones is 1. The third-order valence-corrected chi connectivity index (χ3v) is 3.90. The van der Waals surface area contributed by atoms with Crippen LogP contribution in [0.4, 0.5) is 0 Å². The minimum Gasteiger partial charge on any atom is -0.294 e. The van der Waals surface area contributed by atoms with E-state index in [0.29, 0.717) is 12.6 Å². The highest BCUT2D eigenvalue weighted by Gasteiger charge is 2.16. The topological polar surface area (TPSA) is 20.3 Å². The molecule has 0 radical (unpaired) electrons. The van der Waals surface area contributed by atoms with Crippen molar-refractivity contribution in [2.24, 2.45) is 0 Å². The zero-order valence-corrected chi connectivity index (χ0v) is 11.7. The highest BCUT2D eigenvalue weighted by atomic mass is 16.1. The monoisotopic (exact) mass is 245 g/mol. The van der Waals surface area contributed by atoms with Crippen LogP contribution >= 0.6 is 0 Å². The van der Waals surface area contributed by atoms with Gasteiger partial charge in [-0.1, -0.05) is 19.1 Å². The maximum absolute atomic E-state index is 12.3. The molecule has 1 aliphatic carbocycles. The average Bonchev–Trinajstić information content (AvgIpc) is 2.82. The van der Waals surface area contributed by atoms with Crippen LogP contribution in [0.2, 0.25) is 0 Å². The molecule has 0 aromatic heterocycles. The van der Waals surface area contributed by atoms with Gasteiger partial charge in [-0.25, -0.2) is 0 Å². The van der Waals surface area contributed by atoms with E-state index in [4.69, 9.17) is 0 Å². The van der Waals surface area contributed by atoms with Gasteiger partial charge in [0, 0.05) is 11.6 Å². The fourth-order valence-corrected chi connectivity index (χ4v) is 2.68. The molecule has 18 heavy (non-hydrogen) atoms. The van der Waals surface area contributed by atoms with Crippen molar-refractivity contribution in [1.82, 2.24) is 4.90 Å². The number of hydrogen-bond acceptors (Lipinski definition) is 2. The van der Waals surface area contributed by atoms with Crippen molar-refractivity contribution in [3.8, 4) is 0 Å². The molecule has 0 fully saturated rings. The number of rotatable bonds is 5. The summed E-state index contributed by atoms with van der Waals surface area (Å²) >= 11 is 0. The van der Waals surface area contributed by atoms with Crippen LogP contribution in [0.5, 0.6) is 0 Å². The summed E-state index contributed by atoms with van der Waals surface area (Å²) < 4.78 is 0. The van der Waals surface area contributed by atoms with E-state index in [2.05, 4.69) is 37.8 Å². The fraction of sp³-hybridized carbons (Fsp3) is 0.562. The largest absolute Gasteiger partial charge is 0.294 e. The standard InChI is InChI=1S/C16H23NO/c1-4-17(12(2)3)11-16(18)15-9-8-13-6-5-7-14(13)10-15/h8-10,12H,4-7,11H2,1-3H3. The highest BCUT2D eigenvalue weighted by molar-refractivity contribution is 5.97. The number of likely N-dealkylation sites (N-methyl/N-ethyl adjacent to an activating group) is 1. The second kappa shape index (κ2) is 5.66. The van der Waals surface area contributed by atoms with Gasteiger partial charge in [0.25, 0.3) is 0 Å². The fourth-order valence-electron chi connectivity index (χ4n) is 2.68. The lowest BCUT2D eigenvalue weighted by atomic mass is 10.0. The van der Waals surface area contributed by atoms with E-state index in [9.17, 15) is 4.79 Å². The molecule has 98 valence electrons. The summed E-state index contributed by atoms with van der Waals surface area (Å²) in [6.45, 7) is 7.84. The van der Waals surface area contributed by atoms with Crippen molar-refractivity contribution in [2.45, 2.75) is 46.1 Å². The third kappa shape index (κ3) is 2.81. The third-order valence-electron chi connectivity index (χ3n) is 3.90. The lowest BCUT2D eigenvalue weighted by molar-refractivity contribution is 0.0911. The number of carbonyl (C=O) groups excluding carboxylic acids is 1. The van der Waals surface area contributed by atoms with Gasteiger partial charge in [0.2, 0.25) is 0 Å². The van der Waals surface area contributed by atoms with Crippen LogP contribution < -0.4 is 0 Å². The van der Waals surface area contributed by atoms with Crippen molar-refractivity contribution in [2.75, 3.05) is 13.1 Å². The Kier molecular flexibility index (Phi) is 4.18. The lowest BCUT2D eigenvalue weighted by Gasteiger charge is -2.23. The van der Waals surface area contributed by atoms with E-state index >= 15 is 0 Å². The Morgan fingerprint density at radius 2 is 2.00 bits per heavy atom. The van der Waals surface area contributed by atoms with Crippen LogP contribution in [0.25, 0.3) is 0 Å². The van der Waals surface area contributed by atoms with Gasteiger partial charge in [-0.05, 0) is 56.8 Å². The molecule has 0 amide bonds. The van der Waals surface area contributed by atoms with Gasteiger partial charge in [0.15, 0.2) is 5.78 Å². The molecule has 0 unspecified atom stereocenters. The summed E-state index contributed by atoms with van der Waals surface area (Å²) in [5.74, 6) is 0.250. The molecule has 0 saturated heterocycles. The minimum absolute atomic E-state index is 0.250. The molecule has 0 N–H and O–H groups in total. The minimum atomic E-state index is 0.250. The zero-order valence-electron chi connectivity index (χ0n) is 11.7. The number of fused-ring (bicyclic) bond motifs is 1. The number of carbonyl (C=O) groups is 1. The smallest absolute Gasteiger partial charge is 0.176 e. The molecular formula is C16H23NO. The van der Waals surface area contributed by atoms with E-state index in [-0.39, 0.29) is 5.78 Å². The number of benzene rings is 1. The van der Waals surface area contributed by atoms with Gasteiger partial charge in [-0.3, -0.25) is 9.69 Å². The maximum atomic E-state index is 12.3. The number of hydrogen-bond donors (Lipinski definition) is 0. The molecule has 2 heteroatoms. The first-order chi connectivity index (χ1) is 8.61. The first-order valence-corrected chi connectivity index (χ1v) is 7.01. The van der Waals surface area contributed by atoms with E-state index in [1.807, 2.05) is 6.07 Å². The molecule has 1 aromatic rings. The van der Waals surface area contributed by atoms with Crippen LogP contribution in [0, 0.1) is 0 Å². The molecule has 2 nitrogen and oxygen atoms in total. The molecule has 0 heterocycles. The Labute approximate surface area is 110 Å². The maximum Gasteiger partial charge on any atom is 0.176 e.